The molecule has 0 spiro atoms. The molecule has 0 N–H and O–H groups in total. The predicted molar refractivity (Wildman–Crippen MR) is 70.9 cm³/mol. The molecule has 0 aliphatic heterocycles. The zero-order valence-corrected chi connectivity index (χ0v) is 16.2. The van der Waals surface area contributed by atoms with Crippen molar-refractivity contribution in [2.24, 2.45) is 0 Å². The van der Waals surface area contributed by atoms with Crippen molar-refractivity contribution in [3.8, 4) is 0 Å². The van der Waals surface area contributed by atoms with Gasteiger partial charge in [0, 0.05) is 0 Å². The van der Waals surface area contributed by atoms with Crippen LogP contribution in [0.25, 0.3) is 0 Å². The van der Waals surface area contributed by atoms with Crippen LogP contribution in [0.5, 0.6) is 0 Å². The molecule has 0 bridgehead atoms. The predicted octanol–water partition coefficient (Wildman–Crippen LogP) is 1.73. The van der Waals surface area contributed by atoms with Crippen molar-refractivity contribution in [2.75, 3.05) is 0 Å². The average molecular weight is 422 g/mol. The van der Waals surface area contributed by atoms with E-state index in [1.54, 1.807) is 6.26 Å². The van der Waals surface area contributed by atoms with Gasteiger partial charge in [-0.05, 0) is 0 Å². The Morgan fingerprint density at radius 2 is 1.53 bits per heavy atom. The molecule has 0 aliphatic carbocycles. The van der Waals surface area contributed by atoms with Gasteiger partial charge in [0.1, 0.15) is 0 Å². The minimum absolute atomic E-state index is 0.0995. The Bertz CT molecular complexity index is 408. The van der Waals surface area contributed by atoms with Crippen molar-refractivity contribution in [1.82, 2.24) is 0 Å². The third-order valence-electron chi connectivity index (χ3n) is 2.49. The van der Waals surface area contributed by atoms with E-state index in [0.717, 1.165) is 3.58 Å². The first kappa shape index (κ1) is 13.6. The molecule has 1 aromatic heterocycles. The molecule has 2 nitrogen and oxygen atoms in total. The van der Waals surface area contributed by atoms with Crippen LogP contribution in [0.1, 0.15) is 0 Å². The summed E-state index contributed by atoms with van der Waals surface area (Å²) in [5.74, 6) is 0. The molecule has 0 saturated carbocycles. The first-order valence-electron chi connectivity index (χ1n) is 5.26. The second-order valence-electron chi connectivity index (χ2n) is 6.04. The molecule has 0 fully saturated rings. The summed E-state index contributed by atoms with van der Waals surface area (Å²) in [6.07, 6.45) is 1.69. The van der Waals surface area contributed by atoms with E-state index >= 15 is 0 Å². The third kappa shape index (κ3) is 3.51. The Labute approximate surface area is 99.8 Å². The molecule has 0 unspecified atom stereocenters. The van der Waals surface area contributed by atoms with Crippen molar-refractivity contribution in [2.45, 2.75) is 29.6 Å². The van der Waals surface area contributed by atoms with E-state index in [-0.39, 0.29) is 5.63 Å². The Kier molecular flexibility index (Phi) is 4.02. The van der Waals surface area contributed by atoms with Crippen LogP contribution in [0.15, 0.2) is 21.5 Å². The Morgan fingerprint density at radius 3 is 1.93 bits per heavy atom. The SMILES string of the molecule is [CH3][Sn]([CH3])([CH3])[c]1coc(=O)[c]([Sn]([CH3])([CH3])[CH3])c1. The Morgan fingerprint density at radius 1 is 1.00 bits per heavy atom. The van der Waals surface area contributed by atoms with E-state index in [1.807, 2.05) is 0 Å². The van der Waals surface area contributed by atoms with Crippen LogP contribution in [-0.4, -0.2) is 36.8 Å². The van der Waals surface area contributed by atoms with Crippen molar-refractivity contribution >= 4 is 43.9 Å². The van der Waals surface area contributed by atoms with Crippen LogP contribution in [0.3, 0.4) is 0 Å². The van der Waals surface area contributed by atoms with Crippen LogP contribution < -0.4 is 12.8 Å². The van der Waals surface area contributed by atoms with Gasteiger partial charge in [0.15, 0.2) is 0 Å². The second kappa shape index (κ2) is 4.43. The van der Waals surface area contributed by atoms with Gasteiger partial charge in [-0.2, -0.15) is 0 Å². The maximum absolute atomic E-state index is 11.7. The molecule has 0 atom stereocenters. The first-order chi connectivity index (χ1) is 6.62. The summed E-state index contributed by atoms with van der Waals surface area (Å²) in [6, 6.07) is 2.15. The fourth-order valence-electron chi connectivity index (χ4n) is 1.34. The van der Waals surface area contributed by atoms with Crippen molar-refractivity contribution in [3.63, 3.8) is 0 Å². The quantitative estimate of drug-likeness (QED) is 0.681. The molecular weight excluding hydrogens is 402 g/mol. The number of hydrogen-bond donors (Lipinski definition) is 0. The topological polar surface area (TPSA) is 30.2 Å². The number of rotatable bonds is 2. The van der Waals surface area contributed by atoms with Gasteiger partial charge in [0.2, 0.25) is 0 Å². The van der Waals surface area contributed by atoms with E-state index in [0.29, 0.717) is 0 Å². The maximum atomic E-state index is 11.7. The molecular formula is C11H20O2Sn2. The molecule has 4 heteroatoms. The van der Waals surface area contributed by atoms with Gasteiger partial charge in [0.25, 0.3) is 0 Å². The van der Waals surface area contributed by atoms with Gasteiger partial charge in [-0.3, -0.25) is 0 Å². The average Bonchev–Trinajstić information content (AvgIpc) is 2.00. The zero-order valence-electron chi connectivity index (χ0n) is 10.5. The summed E-state index contributed by atoms with van der Waals surface area (Å²) in [7, 11) is 0. The van der Waals surface area contributed by atoms with E-state index in [9.17, 15) is 4.79 Å². The van der Waals surface area contributed by atoms with Crippen LogP contribution in [-0.2, 0) is 0 Å². The third-order valence-corrected chi connectivity index (χ3v) is 13.8. The fraction of sp³-hybridized carbons (Fsp3) is 0.545. The monoisotopic (exact) mass is 424 g/mol. The van der Waals surface area contributed by atoms with Gasteiger partial charge in [-0.1, -0.05) is 0 Å². The molecule has 15 heavy (non-hydrogen) atoms. The van der Waals surface area contributed by atoms with Gasteiger partial charge in [0.05, 0.1) is 0 Å². The summed E-state index contributed by atoms with van der Waals surface area (Å²) in [5, 5.41) is 0. The number of hydrogen-bond acceptors (Lipinski definition) is 2. The van der Waals surface area contributed by atoms with E-state index in [1.165, 1.54) is 3.58 Å². The Balaban J connectivity index is 3.37. The van der Waals surface area contributed by atoms with Gasteiger partial charge < -0.3 is 0 Å². The van der Waals surface area contributed by atoms with Crippen LogP contribution in [0, 0.1) is 0 Å². The molecule has 0 saturated heterocycles. The van der Waals surface area contributed by atoms with Crippen molar-refractivity contribution < 1.29 is 4.42 Å². The standard InChI is InChI=1S/C5H2O2.6CH3.2Sn/c6-5-3-1-2-4-7-5;;;;;;;;/h1,4H;6*1H3;;. The summed E-state index contributed by atoms with van der Waals surface area (Å²) < 4.78 is 7.52. The second-order valence-corrected chi connectivity index (χ2v) is 34.9. The molecule has 0 amide bonds. The fourth-order valence-corrected chi connectivity index (χ4v) is 8.94. The molecule has 0 radical (unpaired) electrons. The van der Waals surface area contributed by atoms with Crippen LogP contribution in [0.4, 0.5) is 0 Å². The summed E-state index contributed by atoms with van der Waals surface area (Å²) >= 11 is -4.38. The molecule has 0 aromatic carbocycles. The van der Waals surface area contributed by atoms with Gasteiger partial charge >= 0.3 is 101 Å². The van der Waals surface area contributed by atoms with Crippen molar-refractivity contribution in [1.29, 1.82) is 0 Å². The first-order valence-corrected chi connectivity index (χ1v) is 25.2. The molecule has 0 aliphatic rings. The molecule has 1 heterocycles. The minimum atomic E-state index is -2.29. The van der Waals surface area contributed by atoms with Gasteiger partial charge in [-0.15, -0.1) is 0 Å². The normalized spacial score (nSPS) is 12.9. The Hall–Kier alpha value is 0.547. The summed E-state index contributed by atoms with van der Waals surface area (Å²) in [4.78, 5) is 25.4. The zero-order chi connectivity index (χ0) is 11.9. The van der Waals surface area contributed by atoms with E-state index in [4.69, 9.17) is 4.42 Å². The van der Waals surface area contributed by atoms with Crippen LogP contribution in [0.2, 0.25) is 29.6 Å². The van der Waals surface area contributed by atoms with Gasteiger partial charge in [-0.25, -0.2) is 0 Å². The summed E-state index contributed by atoms with van der Waals surface area (Å²) in [5.41, 5.74) is -0.0995. The van der Waals surface area contributed by atoms with E-state index < -0.39 is 36.8 Å². The molecule has 1 aromatic rings. The molecule has 84 valence electrons. The summed E-state index contributed by atoms with van der Waals surface area (Å²) in [6.45, 7) is 0. The van der Waals surface area contributed by atoms with Crippen molar-refractivity contribution in [3.05, 3.63) is 22.7 Å². The molecule has 1 rings (SSSR count). The van der Waals surface area contributed by atoms with E-state index in [2.05, 4.69) is 35.7 Å². The van der Waals surface area contributed by atoms with Crippen LogP contribution >= 0.6 is 0 Å².